The molecule has 1 aliphatic carbocycles. The Bertz CT molecular complexity index is 3770. The average molecular weight is 1430 g/mol. The Hall–Kier alpha value is -9.05. The van der Waals surface area contributed by atoms with Crippen LogP contribution < -0.4 is 19.8 Å². The van der Waals surface area contributed by atoms with Gasteiger partial charge in [0.05, 0.1) is 12.7 Å². The number of nitrogens with zero attached hydrogens (tertiary/aromatic N) is 4. The highest BCUT2D eigenvalue weighted by Gasteiger charge is 2.58. The van der Waals surface area contributed by atoms with Crippen LogP contribution in [0.1, 0.15) is 78.5 Å². The summed E-state index contributed by atoms with van der Waals surface area (Å²) in [5.74, 6) is -25.5. The van der Waals surface area contributed by atoms with Crippen molar-refractivity contribution in [1.82, 2.24) is 9.88 Å². The van der Waals surface area contributed by atoms with Crippen LogP contribution in [-0.2, 0) is 105 Å². The van der Waals surface area contributed by atoms with Crippen molar-refractivity contribution in [1.29, 1.82) is 0 Å². The predicted molar refractivity (Wildman–Crippen MR) is 313 cm³/mol. The number of esters is 8. The summed E-state index contributed by atoms with van der Waals surface area (Å²) < 4.78 is 160. The van der Waals surface area contributed by atoms with E-state index in [-0.39, 0.29) is 0 Å². The van der Waals surface area contributed by atoms with Gasteiger partial charge < -0.3 is 81.5 Å². The first-order chi connectivity index (χ1) is 46.4. The maximum Gasteiger partial charge on any atom is 0.407 e. The van der Waals surface area contributed by atoms with Gasteiger partial charge in [-0.3, -0.25) is 43.2 Å². The summed E-state index contributed by atoms with van der Waals surface area (Å²) in [5.41, 5.74) is 13.2. The number of alkyl carbamates (subject to hydrolysis) is 1. The van der Waals surface area contributed by atoms with Gasteiger partial charge in [0.1, 0.15) is 62.4 Å². The fraction of sp³-hybridized carbons (Fsp3) is 0.508. The van der Waals surface area contributed by atoms with Gasteiger partial charge in [0, 0.05) is 59.3 Å². The Morgan fingerprint density at radius 1 is 0.582 bits per heavy atom. The molecule has 39 heteroatoms. The van der Waals surface area contributed by atoms with Crippen molar-refractivity contribution in [2.45, 2.75) is 165 Å². The lowest BCUT2D eigenvalue weighted by Gasteiger charge is -2.48. The molecule has 3 saturated heterocycles. The van der Waals surface area contributed by atoms with Crippen molar-refractivity contribution in [3.63, 3.8) is 0 Å². The molecule has 17 atom stereocenters. The van der Waals surface area contributed by atoms with Crippen molar-refractivity contribution >= 4 is 74.5 Å². The maximum atomic E-state index is 15.3. The Balaban J connectivity index is 1.23. The molecule has 3 aromatic carbocycles. The second-order valence-corrected chi connectivity index (χ2v) is 23.9. The maximum absolute atomic E-state index is 15.3. The van der Waals surface area contributed by atoms with Gasteiger partial charge in [-0.05, 0) is 55.4 Å². The molecule has 8 rings (SSSR count). The second-order valence-electron chi connectivity index (χ2n) is 21.9. The summed E-state index contributed by atoms with van der Waals surface area (Å²) in [6.45, 7) is 3.91. The van der Waals surface area contributed by atoms with Crippen molar-refractivity contribution in [3.05, 3.63) is 119 Å². The van der Waals surface area contributed by atoms with Gasteiger partial charge in [0.2, 0.25) is 34.8 Å². The first kappa shape index (κ1) is 74.7. The topological polar surface area (TPSA) is 412 Å². The smallest absolute Gasteiger partial charge is 0.407 e. The van der Waals surface area contributed by atoms with E-state index in [1.165, 1.54) is 0 Å². The predicted octanol–water partition coefficient (Wildman–Crippen LogP) is 3.89. The lowest BCUT2D eigenvalue weighted by molar-refractivity contribution is -0.352. The molecule has 4 aliphatic rings. The molecule has 1 aromatic heterocycles. The summed E-state index contributed by atoms with van der Waals surface area (Å²) in [5, 5.41) is 18.4. The Morgan fingerprint density at radius 2 is 1.04 bits per heavy atom. The van der Waals surface area contributed by atoms with Crippen LogP contribution in [0.3, 0.4) is 0 Å². The minimum Gasteiger partial charge on any atom is -0.463 e. The number of hydrogen-bond donors (Lipinski definition) is 2. The van der Waals surface area contributed by atoms with E-state index in [9.17, 15) is 76.5 Å². The first-order valence-corrected chi connectivity index (χ1v) is 31.4. The van der Waals surface area contributed by atoms with Crippen LogP contribution in [-0.4, -0.2) is 188 Å². The summed E-state index contributed by atoms with van der Waals surface area (Å²) in [4.78, 5) is 145. The van der Waals surface area contributed by atoms with Crippen molar-refractivity contribution < 1.29 is 141 Å². The third kappa shape index (κ3) is 17.3. The zero-order chi connectivity index (χ0) is 71.7. The number of carbonyl (C=O) groups is 9. The summed E-state index contributed by atoms with van der Waals surface area (Å²) in [6, 6.07) is 7.19. The average Bonchev–Trinajstić information content (AvgIpc) is 1.32. The van der Waals surface area contributed by atoms with Crippen LogP contribution in [0, 0.1) is 29.1 Å². The van der Waals surface area contributed by atoms with Crippen LogP contribution >= 0.6 is 20.7 Å². The number of rotatable bonds is 24. The second kappa shape index (κ2) is 32.5. The van der Waals surface area contributed by atoms with Crippen LogP contribution in [0.4, 0.5) is 26.7 Å². The number of aliphatic hydroxyl groups is 1. The van der Waals surface area contributed by atoms with Crippen molar-refractivity contribution in [2.75, 3.05) is 26.4 Å². The molecule has 98 heavy (non-hydrogen) atoms. The zero-order valence-electron chi connectivity index (χ0n) is 52.4. The summed E-state index contributed by atoms with van der Waals surface area (Å²) in [7, 11) is 0.758. The highest BCUT2D eigenvalue weighted by atomic mass is 32.9. The lowest BCUT2D eigenvalue weighted by Crippen LogP contribution is -2.67. The molecule has 4 aromatic rings. The molecule has 0 saturated carbocycles. The largest absolute Gasteiger partial charge is 0.463 e. The number of fused-ring (bicyclic) bond motifs is 3. The van der Waals surface area contributed by atoms with Gasteiger partial charge in [0.25, 0.3) is 0 Å². The number of benzene rings is 3. The number of ether oxygens (including phenoxy) is 15. The number of hydrogen-bond acceptors (Lipinski definition) is 30. The molecule has 2 N–H and O–H groups in total. The minimum absolute atomic E-state index is 0.379. The number of nitrogens with one attached hydrogen (secondary N) is 1. The Kier molecular flexibility index (Phi) is 24.8. The standard InChI is InChI=1S/C59H60F5N5O27S2/c1-21(42(53(78)95-48-40(63)38(61)37(60)39(62)41(48)64)66-57(79)85-17-33-31-15-11-9-13-29(31)30-14-10-12-16-32(30)33)86-54-43(67-68-65)49(96-56-52(91-28(8)76)51(90-27(7)75)47(88-25(5)73)36(94-56)20-83-23(3)71)45(77)34(92-54)18-84-55-44(69-58(80)97-98-59(69)81)50(89-26(6)74)46(87-24(4)72)35(93-55)19-82-22(2)70/h9-16,21,33-36,42-47,49-52,54-56,77H,17-20H2,1-8H3,(H,66,79)/t21-,34-,35-,36-,42+,43-,44-,45+,46-,47+,49-,50-,51+,52-,54+,55-,56+/m1/s1. The van der Waals surface area contributed by atoms with E-state index in [1.807, 2.05) is 0 Å². The van der Waals surface area contributed by atoms with E-state index < -0.39 is 235 Å². The van der Waals surface area contributed by atoms with Crippen molar-refractivity contribution in [3.8, 4) is 16.9 Å². The molecule has 0 unspecified atom stereocenters. The van der Waals surface area contributed by atoms with Crippen molar-refractivity contribution in [2.24, 2.45) is 5.11 Å². The molecule has 3 aliphatic heterocycles. The van der Waals surface area contributed by atoms with E-state index in [0.717, 1.165) is 66.5 Å². The van der Waals surface area contributed by atoms with E-state index in [1.54, 1.807) is 48.5 Å². The lowest BCUT2D eigenvalue weighted by atomic mass is 9.94. The van der Waals surface area contributed by atoms with Gasteiger partial charge in [-0.15, -0.1) is 0 Å². The zero-order valence-corrected chi connectivity index (χ0v) is 54.0. The molecule has 32 nitrogen and oxygen atoms in total. The van der Waals surface area contributed by atoms with Gasteiger partial charge in [-0.25, -0.2) is 27.3 Å². The normalized spacial score (nSPS) is 26.2. The fourth-order valence-corrected chi connectivity index (χ4v) is 12.8. The number of aromatic nitrogens is 1. The number of carbonyl (C=O) groups excluding carboxylic acids is 9. The van der Waals surface area contributed by atoms with E-state index in [4.69, 9.17) is 71.1 Å². The van der Waals surface area contributed by atoms with Gasteiger partial charge >= 0.3 is 63.6 Å². The molecular formula is C59H60F5N5O27S2. The van der Waals surface area contributed by atoms with Crippen LogP contribution in [0.15, 0.2) is 63.2 Å². The van der Waals surface area contributed by atoms with Crippen LogP contribution in [0.5, 0.6) is 5.75 Å². The van der Waals surface area contributed by atoms with E-state index in [0.29, 0.717) is 36.4 Å². The number of azide groups is 1. The first-order valence-electron chi connectivity index (χ1n) is 29.2. The summed E-state index contributed by atoms with van der Waals surface area (Å²) in [6.07, 6.45) is -30.7. The molecule has 530 valence electrons. The molecular weight excluding hydrogens is 1370 g/mol. The highest BCUT2D eigenvalue weighted by Crippen LogP contribution is 2.45. The van der Waals surface area contributed by atoms with E-state index in [2.05, 4.69) is 15.3 Å². The molecule has 4 heterocycles. The molecule has 1 amide bonds. The Morgan fingerprint density at radius 3 is 1.55 bits per heavy atom. The molecule has 3 fully saturated rings. The number of halogens is 5. The third-order valence-corrected chi connectivity index (χ3v) is 17.0. The Labute approximate surface area is 556 Å². The quantitative estimate of drug-likeness (QED) is 0.00960. The highest BCUT2D eigenvalue weighted by molar-refractivity contribution is 7.67. The SMILES string of the molecule is CC(=O)OC[C@H]1O[C@@H](O[C@H]2[C@@H](O)[C@@H](CO[C@@H]3O[C@H](COC(C)=O)[C@@H](OC(C)=O)[C@H](OC(C)=O)[C@H]3n3c(=O)ssc3=O)O[C@H](O[C@H](C)[C@H](NC(=O)OCC3c4ccccc4-c4ccccc43)C(=O)Oc3c(F)c(F)c(F)c(F)c3F)[C@@H]2N=[N+]=[N-])[C@H](OC(C)=O)[C@@H](OC(C)=O)[C@H]1OC(C)=O. The third-order valence-electron chi connectivity index (χ3n) is 15.1. The number of amides is 1. The van der Waals surface area contributed by atoms with Crippen LogP contribution in [0.2, 0.25) is 0 Å². The van der Waals surface area contributed by atoms with Crippen LogP contribution in [0.25, 0.3) is 21.6 Å². The molecule has 0 spiro atoms. The van der Waals surface area contributed by atoms with Gasteiger partial charge in [0.15, 0.2) is 55.4 Å². The molecule has 0 radical (unpaired) electrons. The fourth-order valence-electron chi connectivity index (χ4n) is 11.2. The number of aliphatic hydroxyl groups excluding tert-OH is 1. The van der Waals surface area contributed by atoms with Gasteiger partial charge in [-0.2, -0.15) is 8.78 Å². The summed E-state index contributed by atoms with van der Waals surface area (Å²) >= 11 is 0. The monoisotopic (exact) mass is 1430 g/mol. The minimum atomic E-state index is -2.66. The van der Waals surface area contributed by atoms with Gasteiger partial charge in [-0.1, -0.05) is 53.6 Å². The van der Waals surface area contributed by atoms with E-state index >= 15 is 8.78 Å². The molecule has 0 bridgehead atoms.